The van der Waals surface area contributed by atoms with E-state index < -0.39 is 0 Å². The van der Waals surface area contributed by atoms with Crippen molar-refractivity contribution in [2.45, 2.75) is 0 Å². The minimum atomic E-state index is 0.154. The second kappa shape index (κ2) is 5.95. The molecule has 1 N–H and O–H groups in total. The Morgan fingerprint density at radius 3 is 2.80 bits per heavy atom. The molecule has 0 saturated carbocycles. The highest BCUT2D eigenvalue weighted by Crippen LogP contribution is 2.28. The second-order valence-corrected chi connectivity index (χ2v) is 3.63. The fraction of sp³-hybridized carbons (Fsp3) is 0.200. The summed E-state index contributed by atoms with van der Waals surface area (Å²) in [6.45, 7) is 0.287. The largest absolute Gasteiger partial charge is 0.456 e. The maximum atomic E-state index is 12.3. The van der Waals surface area contributed by atoms with E-state index in [1.807, 2.05) is 0 Å². The van der Waals surface area contributed by atoms with Crippen LogP contribution in [0, 0.1) is 0 Å². The minimum Gasteiger partial charge on any atom is -0.456 e. The van der Waals surface area contributed by atoms with Crippen molar-refractivity contribution in [3.05, 3.63) is 40.3 Å². The molecule has 2 nitrogen and oxygen atoms in total. The first kappa shape index (κ1) is 12.3. The molecule has 0 amide bonds. The Hall–Kier alpha value is -0.770. The van der Waals surface area contributed by atoms with Gasteiger partial charge in [-0.15, -0.1) is 0 Å². The normalized spacial score (nSPS) is 11.6. The van der Waals surface area contributed by atoms with E-state index in [-0.39, 0.29) is 12.3 Å². The van der Waals surface area contributed by atoms with Crippen molar-refractivity contribution < 1.29 is 9.13 Å². The molecule has 0 radical (unpaired) electrons. The van der Waals surface area contributed by atoms with Crippen LogP contribution in [0.4, 0.5) is 4.39 Å². The van der Waals surface area contributed by atoms with Crippen LogP contribution >= 0.6 is 23.2 Å². The Kier molecular flexibility index (Phi) is 4.88. The van der Waals surface area contributed by atoms with Crippen LogP contribution in [0.5, 0.6) is 5.75 Å². The third-order valence-electron chi connectivity index (χ3n) is 1.61. The Morgan fingerprint density at radius 2 is 2.27 bits per heavy atom. The molecule has 0 aliphatic carbocycles. The van der Waals surface area contributed by atoms with Gasteiger partial charge in [-0.05, 0) is 25.2 Å². The van der Waals surface area contributed by atoms with E-state index in [0.717, 1.165) is 0 Å². The highest BCUT2D eigenvalue weighted by molar-refractivity contribution is 6.35. The molecule has 0 spiro atoms. The summed E-state index contributed by atoms with van der Waals surface area (Å²) in [4.78, 5) is 0. The molecule has 0 aromatic heterocycles. The molecule has 0 atom stereocenters. The monoisotopic (exact) mass is 249 g/mol. The smallest absolute Gasteiger partial charge is 0.146 e. The van der Waals surface area contributed by atoms with Gasteiger partial charge in [0.05, 0.1) is 11.6 Å². The van der Waals surface area contributed by atoms with E-state index in [0.29, 0.717) is 22.1 Å². The van der Waals surface area contributed by atoms with Gasteiger partial charge in [0, 0.05) is 5.02 Å². The molecule has 5 heteroatoms. The molecule has 0 heterocycles. The van der Waals surface area contributed by atoms with Crippen molar-refractivity contribution in [3.63, 3.8) is 0 Å². The van der Waals surface area contributed by atoms with Crippen molar-refractivity contribution in [2.24, 2.45) is 0 Å². The number of rotatable bonds is 4. The van der Waals surface area contributed by atoms with Crippen molar-refractivity contribution in [1.29, 1.82) is 0 Å². The minimum absolute atomic E-state index is 0.154. The molecule has 1 rings (SSSR count). The molecular weight excluding hydrogens is 240 g/mol. The molecule has 0 aliphatic rings. The molecule has 0 unspecified atom stereocenters. The van der Waals surface area contributed by atoms with Crippen LogP contribution < -0.4 is 10.1 Å². The van der Waals surface area contributed by atoms with Crippen molar-refractivity contribution in [2.75, 3.05) is 13.6 Å². The molecule has 0 aliphatic heterocycles. The van der Waals surface area contributed by atoms with Crippen LogP contribution in [0.2, 0.25) is 10.0 Å². The first-order valence-corrected chi connectivity index (χ1v) is 4.99. The van der Waals surface area contributed by atoms with Crippen molar-refractivity contribution in [3.8, 4) is 5.75 Å². The predicted molar refractivity (Wildman–Crippen MR) is 60.2 cm³/mol. The number of likely N-dealkylation sites (N-methyl/N-ethyl adjacent to an activating group) is 1. The Labute approximate surface area is 97.6 Å². The lowest BCUT2D eigenvalue weighted by atomic mass is 10.3. The molecule has 0 fully saturated rings. The van der Waals surface area contributed by atoms with E-state index in [9.17, 15) is 4.39 Å². The standard InChI is InChI=1S/C10H10Cl2FNO/c1-14-6-8(5-13)15-10-3-2-7(11)4-9(10)12/h2-5,14H,6H2,1H3/b8-5-. The lowest BCUT2D eigenvalue weighted by Crippen LogP contribution is -2.14. The van der Waals surface area contributed by atoms with E-state index in [2.05, 4.69) is 5.32 Å². The zero-order valence-electron chi connectivity index (χ0n) is 8.06. The van der Waals surface area contributed by atoms with Gasteiger partial charge in [0.25, 0.3) is 0 Å². The van der Waals surface area contributed by atoms with Gasteiger partial charge in [-0.25, -0.2) is 4.39 Å². The molecule has 1 aromatic carbocycles. The highest BCUT2D eigenvalue weighted by atomic mass is 35.5. The molecule has 82 valence electrons. The van der Waals surface area contributed by atoms with Crippen molar-refractivity contribution >= 4 is 23.2 Å². The fourth-order valence-electron chi connectivity index (χ4n) is 0.970. The van der Waals surface area contributed by atoms with Gasteiger partial charge in [-0.2, -0.15) is 0 Å². The third-order valence-corrected chi connectivity index (χ3v) is 2.14. The van der Waals surface area contributed by atoms with Gasteiger partial charge in [0.2, 0.25) is 0 Å². The topological polar surface area (TPSA) is 21.3 Å². The van der Waals surface area contributed by atoms with E-state index in [1.54, 1.807) is 19.2 Å². The number of hydrogen-bond donors (Lipinski definition) is 1. The Morgan fingerprint density at radius 1 is 1.53 bits per heavy atom. The summed E-state index contributed by atoms with van der Waals surface area (Å²) in [5.41, 5.74) is 0. The van der Waals surface area contributed by atoms with Gasteiger partial charge >= 0.3 is 0 Å². The number of nitrogens with one attached hydrogen (secondary N) is 1. The predicted octanol–water partition coefficient (Wildman–Crippen LogP) is 3.40. The van der Waals surface area contributed by atoms with Crippen LogP contribution in [0.15, 0.2) is 30.3 Å². The highest BCUT2D eigenvalue weighted by Gasteiger charge is 2.05. The van der Waals surface area contributed by atoms with Gasteiger partial charge in [0.15, 0.2) is 0 Å². The van der Waals surface area contributed by atoms with Crippen LogP contribution in [0.3, 0.4) is 0 Å². The second-order valence-electron chi connectivity index (χ2n) is 2.78. The Bertz CT molecular complexity index is 368. The molecule has 0 bridgehead atoms. The zero-order valence-corrected chi connectivity index (χ0v) is 9.57. The Balaban J connectivity index is 2.80. The average Bonchev–Trinajstić information content (AvgIpc) is 2.21. The summed E-state index contributed by atoms with van der Waals surface area (Å²) < 4.78 is 17.6. The molecule has 15 heavy (non-hydrogen) atoms. The third kappa shape index (κ3) is 3.70. The quantitative estimate of drug-likeness (QED) is 0.827. The van der Waals surface area contributed by atoms with Crippen molar-refractivity contribution in [1.82, 2.24) is 5.32 Å². The van der Waals surface area contributed by atoms with Crippen LogP contribution in [0.1, 0.15) is 0 Å². The number of hydrogen-bond acceptors (Lipinski definition) is 2. The molecular formula is C10H10Cl2FNO. The summed E-state index contributed by atoms with van der Waals surface area (Å²) in [5, 5.41) is 3.62. The summed E-state index contributed by atoms with van der Waals surface area (Å²) in [5.74, 6) is 0.530. The van der Waals surface area contributed by atoms with Gasteiger partial charge in [-0.1, -0.05) is 23.2 Å². The molecule has 1 aromatic rings. The lowest BCUT2D eigenvalue weighted by molar-refractivity contribution is 0.394. The first-order valence-electron chi connectivity index (χ1n) is 4.24. The maximum Gasteiger partial charge on any atom is 0.146 e. The summed E-state index contributed by atoms with van der Waals surface area (Å²) in [7, 11) is 1.69. The number of benzene rings is 1. The fourth-order valence-corrected chi connectivity index (χ4v) is 1.42. The first-order chi connectivity index (χ1) is 7.17. The van der Waals surface area contributed by atoms with Gasteiger partial charge < -0.3 is 10.1 Å². The van der Waals surface area contributed by atoms with Crippen LogP contribution in [0.25, 0.3) is 0 Å². The summed E-state index contributed by atoms with van der Waals surface area (Å²) >= 11 is 11.6. The van der Waals surface area contributed by atoms with E-state index in [1.165, 1.54) is 6.07 Å². The average molecular weight is 250 g/mol. The van der Waals surface area contributed by atoms with E-state index >= 15 is 0 Å². The summed E-state index contributed by atoms with van der Waals surface area (Å²) in [6.07, 6.45) is 0.390. The van der Waals surface area contributed by atoms with Crippen LogP contribution in [-0.2, 0) is 0 Å². The maximum absolute atomic E-state index is 12.3. The lowest BCUT2D eigenvalue weighted by Gasteiger charge is -2.09. The van der Waals surface area contributed by atoms with Gasteiger partial charge in [-0.3, -0.25) is 0 Å². The SMILES string of the molecule is CNC/C(=C/F)Oc1ccc(Cl)cc1Cl. The van der Waals surface area contributed by atoms with E-state index in [4.69, 9.17) is 27.9 Å². The van der Waals surface area contributed by atoms with Gasteiger partial charge in [0.1, 0.15) is 17.8 Å². The number of ether oxygens (including phenoxy) is 1. The summed E-state index contributed by atoms with van der Waals surface area (Å²) in [6, 6.07) is 4.75. The number of halogens is 3. The van der Waals surface area contributed by atoms with Crippen LogP contribution in [-0.4, -0.2) is 13.6 Å². The zero-order chi connectivity index (χ0) is 11.3. The molecule has 0 saturated heterocycles.